The third-order valence-electron chi connectivity index (χ3n) is 4.63. The summed E-state index contributed by atoms with van der Waals surface area (Å²) >= 11 is 0. The summed E-state index contributed by atoms with van der Waals surface area (Å²) in [5.41, 5.74) is 0.774. The molecule has 0 bridgehead atoms. The van der Waals surface area contributed by atoms with Gasteiger partial charge in [-0.3, -0.25) is 4.79 Å². The molecule has 1 fully saturated rings. The maximum Gasteiger partial charge on any atom is 0.409 e. The molecule has 2 amide bonds. The lowest BCUT2D eigenvalue weighted by Crippen LogP contribution is -2.42. The van der Waals surface area contributed by atoms with E-state index in [9.17, 15) is 9.59 Å². The van der Waals surface area contributed by atoms with E-state index in [0.717, 1.165) is 12.8 Å². The predicted molar refractivity (Wildman–Crippen MR) is 108 cm³/mol. The molecule has 0 radical (unpaired) electrons. The van der Waals surface area contributed by atoms with Crippen LogP contribution >= 0.6 is 0 Å². The molecular formula is C20H25N5O4. The van der Waals surface area contributed by atoms with Gasteiger partial charge < -0.3 is 25.0 Å². The summed E-state index contributed by atoms with van der Waals surface area (Å²) in [5, 5.41) is 14.2. The van der Waals surface area contributed by atoms with Crippen LogP contribution in [-0.2, 0) is 4.74 Å². The summed E-state index contributed by atoms with van der Waals surface area (Å²) in [6.45, 7) is 3.43. The number of aromatic nitrogens is 2. The standard InChI is InChI=1S/C20H25N5O4/c1-3-29-20(27)25-12-10-14(11-13-25)21-18-9-8-16(23-24-18)19(26)22-15-6-4-5-7-17(15)28-2/h4-9,14H,3,10-13H2,1-2H3,(H,21,24)(H,22,26). The van der Waals surface area contributed by atoms with Crippen molar-refractivity contribution < 1.29 is 19.1 Å². The van der Waals surface area contributed by atoms with Crippen LogP contribution in [0.5, 0.6) is 5.75 Å². The first-order chi connectivity index (χ1) is 14.1. The number of amides is 2. The number of hydrogen-bond donors (Lipinski definition) is 2. The number of piperidine rings is 1. The number of ether oxygens (including phenoxy) is 2. The van der Waals surface area contributed by atoms with Crippen LogP contribution in [0.25, 0.3) is 0 Å². The highest BCUT2D eigenvalue weighted by Gasteiger charge is 2.23. The van der Waals surface area contributed by atoms with E-state index >= 15 is 0 Å². The summed E-state index contributed by atoms with van der Waals surface area (Å²) in [6, 6.07) is 10.7. The number of benzene rings is 1. The molecule has 0 atom stereocenters. The van der Waals surface area contributed by atoms with Gasteiger partial charge in [-0.2, -0.15) is 0 Å². The first kappa shape index (κ1) is 20.4. The summed E-state index contributed by atoms with van der Waals surface area (Å²) in [7, 11) is 1.54. The Labute approximate surface area is 169 Å². The zero-order valence-electron chi connectivity index (χ0n) is 16.6. The Morgan fingerprint density at radius 1 is 1.14 bits per heavy atom. The highest BCUT2D eigenvalue weighted by Crippen LogP contribution is 2.23. The number of hydrogen-bond acceptors (Lipinski definition) is 7. The van der Waals surface area contributed by atoms with Crippen LogP contribution < -0.4 is 15.4 Å². The van der Waals surface area contributed by atoms with Crippen LogP contribution in [0.4, 0.5) is 16.3 Å². The number of methoxy groups -OCH3 is 1. The van der Waals surface area contributed by atoms with Gasteiger partial charge in [0.1, 0.15) is 11.6 Å². The van der Waals surface area contributed by atoms with E-state index in [1.54, 1.807) is 43.2 Å². The highest BCUT2D eigenvalue weighted by atomic mass is 16.6. The van der Waals surface area contributed by atoms with Gasteiger partial charge in [-0.1, -0.05) is 12.1 Å². The van der Waals surface area contributed by atoms with Gasteiger partial charge in [0.05, 0.1) is 19.4 Å². The highest BCUT2D eigenvalue weighted by molar-refractivity contribution is 6.03. The molecule has 9 nitrogen and oxygen atoms in total. The molecule has 154 valence electrons. The minimum absolute atomic E-state index is 0.184. The van der Waals surface area contributed by atoms with Crippen molar-refractivity contribution in [2.45, 2.75) is 25.8 Å². The van der Waals surface area contributed by atoms with Gasteiger partial charge in [0.2, 0.25) is 0 Å². The van der Waals surface area contributed by atoms with Gasteiger partial charge >= 0.3 is 6.09 Å². The maximum atomic E-state index is 12.4. The van der Waals surface area contributed by atoms with Gasteiger partial charge in [-0.05, 0) is 44.0 Å². The number of para-hydroxylation sites is 2. The number of likely N-dealkylation sites (tertiary alicyclic amines) is 1. The molecule has 2 heterocycles. The van der Waals surface area contributed by atoms with Crippen molar-refractivity contribution in [2.75, 3.05) is 37.4 Å². The lowest BCUT2D eigenvalue weighted by Gasteiger charge is -2.31. The van der Waals surface area contributed by atoms with Gasteiger partial charge in [0.25, 0.3) is 5.91 Å². The van der Waals surface area contributed by atoms with Crippen molar-refractivity contribution in [1.29, 1.82) is 0 Å². The molecule has 9 heteroatoms. The average Bonchev–Trinajstić information content (AvgIpc) is 2.75. The van der Waals surface area contributed by atoms with E-state index in [2.05, 4.69) is 20.8 Å². The number of nitrogens with one attached hydrogen (secondary N) is 2. The van der Waals surface area contributed by atoms with Crippen molar-refractivity contribution in [3.05, 3.63) is 42.1 Å². The third-order valence-corrected chi connectivity index (χ3v) is 4.63. The molecule has 0 aliphatic carbocycles. The third kappa shape index (κ3) is 5.34. The van der Waals surface area contributed by atoms with Gasteiger partial charge in [0.15, 0.2) is 5.69 Å². The largest absolute Gasteiger partial charge is 0.495 e. The molecule has 29 heavy (non-hydrogen) atoms. The van der Waals surface area contributed by atoms with Crippen LogP contribution in [-0.4, -0.2) is 59.9 Å². The first-order valence-corrected chi connectivity index (χ1v) is 9.57. The number of rotatable bonds is 6. The number of carbonyl (C=O) groups excluding carboxylic acids is 2. The van der Waals surface area contributed by atoms with Crippen LogP contribution in [0, 0.1) is 0 Å². The second-order valence-electron chi connectivity index (χ2n) is 6.56. The second-order valence-corrected chi connectivity index (χ2v) is 6.56. The molecule has 1 saturated heterocycles. The second kappa shape index (κ2) is 9.72. The summed E-state index contributed by atoms with van der Waals surface area (Å²) in [6.07, 6.45) is 1.31. The Bertz CT molecular complexity index is 835. The summed E-state index contributed by atoms with van der Waals surface area (Å²) < 4.78 is 10.3. The van der Waals surface area contributed by atoms with Crippen molar-refractivity contribution in [1.82, 2.24) is 15.1 Å². The Hall–Kier alpha value is -3.36. The van der Waals surface area contributed by atoms with Crippen LogP contribution in [0.3, 0.4) is 0 Å². The van der Waals surface area contributed by atoms with Crippen LogP contribution in [0.15, 0.2) is 36.4 Å². The first-order valence-electron chi connectivity index (χ1n) is 9.57. The topological polar surface area (TPSA) is 106 Å². The number of nitrogens with zero attached hydrogens (tertiary/aromatic N) is 3. The Morgan fingerprint density at radius 2 is 1.90 bits per heavy atom. The lowest BCUT2D eigenvalue weighted by molar-refractivity contribution is 0.0982. The molecular weight excluding hydrogens is 374 g/mol. The van der Waals surface area contributed by atoms with Crippen LogP contribution in [0.1, 0.15) is 30.3 Å². The van der Waals surface area contributed by atoms with Crippen molar-refractivity contribution in [3.8, 4) is 5.75 Å². The zero-order chi connectivity index (χ0) is 20.6. The lowest BCUT2D eigenvalue weighted by atomic mass is 10.1. The van der Waals surface area contributed by atoms with E-state index in [-0.39, 0.29) is 23.7 Å². The average molecular weight is 399 g/mol. The van der Waals surface area contributed by atoms with Crippen molar-refractivity contribution in [3.63, 3.8) is 0 Å². The number of anilines is 2. The van der Waals surface area contributed by atoms with Gasteiger partial charge in [-0.25, -0.2) is 4.79 Å². The van der Waals surface area contributed by atoms with Gasteiger partial charge in [-0.15, -0.1) is 10.2 Å². The Kier molecular flexibility index (Phi) is 6.83. The fourth-order valence-electron chi connectivity index (χ4n) is 3.09. The SMILES string of the molecule is CCOC(=O)N1CCC(Nc2ccc(C(=O)Nc3ccccc3OC)nn2)CC1. The summed E-state index contributed by atoms with van der Waals surface area (Å²) in [5.74, 6) is 0.797. The van der Waals surface area contributed by atoms with E-state index in [0.29, 0.717) is 37.0 Å². The quantitative estimate of drug-likeness (QED) is 0.769. The molecule has 1 aliphatic heterocycles. The van der Waals surface area contributed by atoms with Gasteiger partial charge in [0, 0.05) is 19.1 Å². The molecule has 1 aromatic carbocycles. The zero-order valence-corrected chi connectivity index (χ0v) is 16.6. The Morgan fingerprint density at radius 3 is 2.55 bits per heavy atom. The molecule has 0 unspecified atom stereocenters. The number of carbonyl (C=O) groups is 2. The van der Waals surface area contributed by atoms with Crippen molar-refractivity contribution in [2.24, 2.45) is 0 Å². The Balaban J connectivity index is 1.53. The maximum absolute atomic E-state index is 12.4. The molecule has 3 rings (SSSR count). The van der Waals surface area contributed by atoms with E-state index in [1.165, 1.54) is 0 Å². The minimum atomic E-state index is -0.365. The molecule has 2 aromatic rings. The molecule has 1 aliphatic rings. The normalized spacial score (nSPS) is 14.2. The molecule has 1 aromatic heterocycles. The molecule has 0 saturated carbocycles. The van der Waals surface area contributed by atoms with Crippen LogP contribution in [0.2, 0.25) is 0 Å². The monoisotopic (exact) mass is 399 g/mol. The summed E-state index contributed by atoms with van der Waals surface area (Å²) in [4.78, 5) is 25.9. The fraction of sp³-hybridized carbons (Fsp3) is 0.400. The molecule has 0 spiro atoms. The smallest absolute Gasteiger partial charge is 0.409 e. The van der Waals surface area contributed by atoms with E-state index < -0.39 is 0 Å². The van der Waals surface area contributed by atoms with E-state index in [1.807, 2.05) is 12.1 Å². The fourth-order valence-corrected chi connectivity index (χ4v) is 3.09. The van der Waals surface area contributed by atoms with Crippen molar-refractivity contribution >= 4 is 23.5 Å². The predicted octanol–water partition coefficient (Wildman–Crippen LogP) is 2.77. The minimum Gasteiger partial charge on any atom is -0.495 e. The molecule has 2 N–H and O–H groups in total. The van der Waals surface area contributed by atoms with E-state index in [4.69, 9.17) is 9.47 Å².